The van der Waals surface area contributed by atoms with E-state index in [4.69, 9.17) is 9.47 Å². The molecule has 6 nitrogen and oxygen atoms in total. The summed E-state index contributed by atoms with van der Waals surface area (Å²) in [5, 5.41) is 10.5. The zero-order chi connectivity index (χ0) is 15.9. The molecule has 0 saturated carbocycles. The van der Waals surface area contributed by atoms with Crippen LogP contribution >= 0.6 is 0 Å². The van der Waals surface area contributed by atoms with Crippen molar-refractivity contribution in [2.75, 3.05) is 6.61 Å². The zero-order valence-electron chi connectivity index (χ0n) is 12.4. The predicted octanol–water partition coefficient (Wildman–Crippen LogP) is 3.26. The third-order valence-electron chi connectivity index (χ3n) is 2.26. The third kappa shape index (κ3) is 7.10. The molecule has 0 saturated heterocycles. The Labute approximate surface area is 123 Å². The van der Waals surface area contributed by atoms with Gasteiger partial charge in [-0.25, -0.2) is 4.79 Å². The fourth-order valence-corrected chi connectivity index (χ4v) is 1.42. The van der Waals surface area contributed by atoms with E-state index < -0.39 is 16.5 Å². The number of hydrogen-bond donors (Lipinski definition) is 0. The second-order valence-corrected chi connectivity index (χ2v) is 5.32. The SMILES string of the molecule is CC(C)(C)OC(=O)/C=C/CCOc1ccc([N+](=O)[O-])cc1. The molecule has 0 aliphatic carbocycles. The Hall–Kier alpha value is -2.37. The van der Waals surface area contributed by atoms with Crippen molar-refractivity contribution >= 4 is 11.7 Å². The molecule has 6 heteroatoms. The lowest BCUT2D eigenvalue weighted by Gasteiger charge is -2.17. The molecular weight excluding hydrogens is 274 g/mol. The number of non-ortho nitro benzene ring substituents is 1. The lowest BCUT2D eigenvalue weighted by Crippen LogP contribution is -2.22. The highest BCUT2D eigenvalue weighted by atomic mass is 16.6. The number of esters is 1. The smallest absolute Gasteiger partial charge is 0.330 e. The molecule has 0 aliphatic heterocycles. The Morgan fingerprint density at radius 3 is 2.43 bits per heavy atom. The highest BCUT2D eigenvalue weighted by Crippen LogP contribution is 2.17. The first-order chi connectivity index (χ1) is 9.78. The largest absolute Gasteiger partial charge is 0.493 e. The number of nitro groups is 1. The molecule has 0 aromatic heterocycles. The predicted molar refractivity (Wildman–Crippen MR) is 78.2 cm³/mol. The Bertz CT molecular complexity index is 514. The Morgan fingerprint density at radius 2 is 1.90 bits per heavy atom. The van der Waals surface area contributed by atoms with Crippen molar-refractivity contribution in [1.29, 1.82) is 0 Å². The molecule has 1 rings (SSSR count). The van der Waals surface area contributed by atoms with Gasteiger partial charge in [0.2, 0.25) is 0 Å². The molecular formula is C15H19NO5. The van der Waals surface area contributed by atoms with Gasteiger partial charge in [0.25, 0.3) is 5.69 Å². The maximum absolute atomic E-state index is 11.4. The second-order valence-electron chi connectivity index (χ2n) is 5.32. The van der Waals surface area contributed by atoms with Crippen LogP contribution in [-0.2, 0) is 9.53 Å². The van der Waals surface area contributed by atoms with Crippen molar-refractivity contribution in [3.05, 3.63) is 46.5 Å². The molecule has 0 aliphatic rings. The maximum Gasteiger partial charge on any atom is 0.330 e. The van der Waals surface area contributed by atoms with Gasteiger partial charge in [-0.15, -0.1) is 0 Å². The van der Waals surface area contributed by atoms with Crippen LogP contribution in [0.5, 0.6) is 5.75 Å². The number of ether oxygens (including phenoxy) is 2. The summed E-state index contributed by atoms with van der Waals surface area (Å²) in [5.41, 5.74) is -0.483. The number of carbonyl (C=O) groups is 1. The van der Waals surface area contributed by atoms with Crippen molar-refractivity contribution in [3.8, 4) is 5.75 Å². The molecule has 0 atom stereocenters. The Balaban J connectivity index is 2.31. The molecule has 0 amide bonds. The van der Waals surface area contributed by atoms with Crippen LogP contribution in [0, 0.1) is 10.1 Å². The molecule has 0 unspecified atom stereocenters. The molecule has 0 N–H and O–H groups in total. The summed E-state index contributed by atoms with van der Waals surface area (Å²) in [6.45, 7) is 5.78. The number of carbonyl (C=O) groups excluding carboxylic acids is 1. The van der Waals surface area contributed by atoms with E-state index in [-0.39, 0.29) is 5.69 Å². The normalized spacial score (nSPS) is 11.4. The quantitative estimate of drug-likeness (QED) is 0.264. The van der Waals surface area contributed by atoms with Gasteiger partial charge >= 0.3 is 5.97 Å². The molecule has 0 fully saturated rings. The van der Waals surface area contributed by atoms with Gasteiger partial charge in [-0.05, 0) is 39.3 Å². The molecule has 0 radical (unpaired) electrons. The Kier molecular flexibility index (Phi) is 5.90. The number of benzene rings is 1. The first-order valence-corrected chi connectivity index (χ1v) is 6.55. The van der Waals surface area contributed by atoms with E-state index in [1.165, 1.54) is 30.3 Å². The fraction of sp³-hybridized carbons (Fsp3) is 0.400. The number of rotatable bonds is 6. The summed E-state index contributed by atoms with van der Waals surface area (Å²) in [5.74, 6) is 0.157. The van der Waals surface area contributed by atoms with Crippen LogP contribution in [0.1, 0.15) is 27.2 Å². The van der Waals surface area contributed by atoms with Crippen LogP contribution in [0.2, 0.25) is 0 Å². The van der Waals surface area contributed by atoms with Crippen molar-refractivity contribution in [2.45, 2.75) is 32.8 Å². The van der Waals surface area contributed by atoms with Crippen LogP contribution in [-0.4, -0.2) is 23.1 Å². The lowest BCUT2D eigenvalue weighted by molar-refractivity contribution is -0.384. The van der Waals surface area contributed by atoms with Gasteiger partial charge in [0, 0.05) is 18.2 Å². The average Bonchev–Trinajstić information content (AvgIpc) is 2.36. The van der Waals surface area contributed by atoms with E-state index in [9.17, 15) is 14.9 Å². The van der Waals surface area contributed by atoms with Crippen molar-refractivity contribution < 1.29 is 19.2 Å². The van der Waals surface area contributed by atoms with Gasteiger partial charge in [-0.2, -0.15) is 0 Å². The highest BCUT2D eigenvalue weighted by Gasteiger charge is 2.13. The van der Waals surface area contributed by atoms with Crippen LogP contribution in [0.15, 0.2) is 36.4 Å². The first kappa shape index (κ1) is 16.7. The summed E-state index contributed by atoms with van der Waals surface area (Å²) >= 11 is 0. The van der Waals surface area contributed by atoms with Crippen LogP contribution < -0.4 is 4.74 Å². The number of nitro benzene ring substituents is 1. The van der Waals surface area contributed by atoms with Gasteiger partial charge in [0.15, 0.2) is 0 Å². The lowest BCUT2D eigenvalue weighted by atomic mass is 10.2. The zero-order valence-corrected chi connectivity index (χ0v) is 12.4. The first-order valence-electron chi connectivity index (χ1n) is 6.55. The van der Waals surface area contributed by atoms with Crippen molar-refractivity contribution in [3.63, 3.8) is 0 Å². The molecule has 1 aromatic carbocycles. The third-order valence-corrected chi connectivity index (χ3v) is 2.26. The van der Waals surface area contributed by atoms with Crippen molar-refractivity contribution in [2.24, 2.45) is 0 Å². The number of hydrogen-bond acceptors (Lipinski definition) is 5. The molecule has 1 aromatic rings. The van der Waals surface area contributed by atoms with E-state index >= 15 is 0 Å². The minimum absolute atomic E-state index is 0.0205. The van der Waals surface area contributed by atoms with E-state index in [2.05, 4.69) is 0 Å². The van der Waals surface area contributed by atoms with Gasteiger partial charge in [-0.1, -0.05) is 6.08 Å². The summed E-state index contributed by atoms with van der Waals surface area (Å²) in [7, 11) is 0. The van der Waals surface area contributed by atoms with Crippen molar-refractivity contribution in [1.82, 2.24) is 0 Å². The summed E-state index contributed by atoms with van der Waals surface area (Å²) in [6, 6.07) is 5.84. The van der Waals surface area contributed by atoms with Gasteiger partial charge in [0.05, 0.1) is 11.5 Å². The average molecular weight is 293 g/mol. The molecule has 0 heterocycles. The standard InChI is InChI=1S/C15H19NO5/c1-15(2,3)21-14(17)6-4-5-11-20-13-9-7-12(8-10-13)16(18)19/h4,6-10H,5,11H2,1-3H3/b6-4+. The van der Waals surface area contributed by atoms with E-state index in [0.717, 1.165) is 0 Å². The minimum Gasteiger partial charge on any atom is -0.493 e. The molecule has 114 valence electrons. The molecule has 0 spiro atoms. The van der Waals surface area contributed by atoms with Gasteiger partial charge in [0.1, 0.15) is 11.4 Å². The van der Waals surface area contributed by atoms with E-state index in [1.807, 2.05) is 0 Å². The van der Waals surface area contributed by atoms with Crippen LogP contribution in [0.3, 0.4) is 0 Å². The highest BCUT2D eigenvalue weighted by molar-refractivity contribution is 5.82. The number of nitrogens with zero attached hydrogens (tertiary/aromatic N) is 1. The van der Waals surface area contributed by atoms with Gasteiger partial charge in [-0.3, -0.25) is 10.1 Å². The fourth-order valence-electron chi connectivity index (χ4n) is 1.42. The summed E-state index contributed by atoms with van der Waals surface area (Å²) in [6.07, 6.45) is 3.57. The minimum atomic E-state index is -0.503. The summed E-state index contributed by atoms with van der Waals surface area (Å²) < 4.78 is 10.5. The van der Waals surface area contributed by atoms with E-state index in [0.29, 0.717) is 18.8 Å². The molecule has 21 heavy (non-hydrogen) atoms. The van der Waals surface area contributed by atoms with E-state index in [1.54, 1.807) is 26.8 Å². The second kappa shape index (κ2) is 7.42. The topological polar surface area (TPSA) is 78.7 Å². The maximum atomic E-state index is 11.4. The monoisotopic (exact) mass is 293 g/mol. The Morgan fingerprint density at radius 1 is 1.29 bits per heavy atom. The van der Waals surface area contributed by atoms with Crippen LogP contribution in [0.4, 0.5) is 5.69 Å². The molecule has 0 bridgehead atoms. The van der Waals surface area contributed by atoms with Crippen LogP contribution in [0.25, 0.3) is 0 Å². The van der Waals surface area contributed by atoms with Gasteiger partial charge < -0.3 is 9.47 Å². The summed E-state index contributed by atoms with van der Waals surface area (Å²) in [4.78, 5) is 21.4.